The van der Waals surface area contributed by atoms with E-state index in [-0.39, 0.29) is 15.6 Å². The number of halogens is 1. The predicted octanol–water partition coefficient (Wildman–Crippen LogP) is 0.656. The highest BCUT2D eigenvalue weighted by atomic mass is 35.5. The summed E-state index contributed by atoms with van der Waals surface area (Å²) in [6, 6.07) is 1.39. The highest BCUT2D eigenvalue weighted by Gasteiger charge is 2.30. The zero-order valence-electron chi connectivity index (χ0n) is 8.56. The van der Waals surface area contributed by atoms with E-state index in [0.717, 1.165) is 13.1 Å². The lowest BCUT2D eigenvalue weighted by atomic mass is 10.2. The molecule has 0 bridgehead atoms. The predicted molar refractivity (Wildman–Crippen MR) is 60.1 cm³/mol. The van der Waals surface area contributed by atoms with Crippen LogP contribution >= 0.6 is 11.6 Å². The van der Waals surface area contributed by atoms with Crippen molar-refractivity contribution in [2.24, 2.45) is 0 Å². The zero-order valence-corrected chi connectivity index (χ0v) is 10.1. The van der Waals surface area contributed by atoms with Crippen molar-refractivity contribution in [3.05, 3.63) is 17.5 Å². The van der Waals surface area contributed by atoms with E-state index in [1.54, 1.807) is 0 Å². The molecule has 2 rings (SSSR count). The Kier molecular flexibility index (Phi) is 3.41. The number of hydrogen-bond donors (Lipinski definition) is 1. The molecular formula is C9H12ClN3O2S. The van der Waals surface area contributed by atoms with E-state index in [1.807, 2.05) is 0 Å². The van der Waals surface area contributed by atoms with Crippen LogP contribution in [0.3, 0.4) is 0 Å². The summed E-state index contributed by atoms with van der Waals surface area (Å²) in [4.78, 5) is 7.44. The molecule has 1 aromatic rings. The normalized spacial score (nSPS) is 18.6. The molecule has 1 aromatic heterocycles. The second-order valence-corrected chi connectivity index (χ2v) is 6.17. The molecule has 0 amide bonds. The first kappa shape index (κ1) is 11.8. The van der Waals surface area contributed by atoms with Crippen LogP contribution in [0.25, 0.3) is 0 Å². The lowest BCUT2D eigenvalue weighted by Gasteiger charge is -2.22. The highest BCUT2D eigenvalue weighted by molar-refractivity contribution is 7.92. The summed E-state index contributed by atoms with van der Waals surface area (Å²) < 4.78 is 24.3. The van der Waals surface area contributed by atoms with Crippen molar-refractivity contribution >= 4 is 21.4 Å². The molecule has 0 saturated carbocycles. The summed E-state index contributed by atoms with van der Waals surface area (Å²) in [6.45, 7) is 1.45. The largest absolute Gasteiger partial charge is 0.317 e. The van der Waals surface area contributed by atoms with Gasteiger partial charge in [0.15, 0.2) is 14.9 Å². The first-order valence-electron chi connectivity index (χ1n) is 5.04. The summed E-state index contributed by atoms with van der Waals surface area (Å²) in [5.74, 6) is 0. The quantitative estimate of drug-likeness (QED) is 0.625. The lowest BCUT2D eigenvalue weighted by molar-refractivity contribution is 0.494. The summed E-state index contributed by atoms with van der Waals surface area (Å²) in [5.41, 5.74) is 0. The molecule has 0 spiro atoms. The standard InChI is InChI=1S/C9H12ClN3O2S/c10-9-12-6-3-8(13-9)16(14,15)7-1-4-11-5-2-7/h3,6-7,11H,1-2,4-5H2. The van der Waals surface area contributed by atoms with Gasteiger partial charge in [-0.3, -0.25) is 0 Å². The molecule has 1 saturated heterocycles. The van der Waals surface area contributed by atoms with Gasteiger partial charge in [0.1, 0.15) is 0 Å². The highest BCUT2D eigenvalue weighted by Crippen LogP contribution is 2.20. The molecule has 2 heterocycles. The Balaban J connectivity index is 2.30. The van der Waals surface area contributed by atoms with E-state index < -0.39 is 9.84 Å². The SMILES string of the molecule is O=S(=O)(c1ccnc(Cl)n1)C1CCNCC1. The first-order chi connectivity index (χ1) is 7.60. The minimum absolute atomic E-state index is 0.0272. The Labute approximate surface area is 99.2 Å². The molecule has 0 atom stereocenters. The monoisotopic (exact) mass is 261 g/mol. The molecular weight excluding hydrogens is 250 g/mol. The smallest absolute Gasteiger partial charge is 0.223 e. The maximum Gasteiger partial charge on any atom is 0.223 e. The van der Waals surface area contributed by atoms with Crippen LogP contribution in [0.15, 0.2) is 17.3 Å². The number of hydrogen-bond acceptors (Lipinski definition) is 5. The van der Waals surface area contributed by atoms with Crippen LogP contribution in [-0.2, 0) is 9.84 Å². The van der Waals surface area contributed by atoms with E-state index in [4.69, 9.17) is 11.6 Å². The summed E-state index contributed by atoms with van der Waals surface area (Å²) in [6.07, 6.45) is 2.59. The molecule has 1 aliphatic rings. The second kappa shape index (κ2) is 4.65. The van der Waals surface area contributed by atoms with Crippen molar-refractivity contribution in [1.82, 2.24) is 15.3 Å². The fourth-order valence-electron chi connectivity index (χ4n) is 1.75. The molecule has 7 heteroatoms. The van der Waals surface area contributed by atoms with Crippen LogP contribution in [0, 0.1) is 0 Å². The number of nitrogens with zero attached hydrogens (tertiary/aromatic N) is 2. The van der Waals surface area contributed by atoms with Crippen LogP contribution in [0.5, 0.6) is 0 Å². The van der Waals surface area contributed by atoms with Crippen LogP contribution in [0.2, 0.25) is 5.28 Å². The number of rotatable bonds is 2. The molecule has 16 heavy (non-hydrogen) atoms. The molecule has 0 aliphatic carbocycles. The van der Waals surface area contributed by atoms with Gasteiger partial charge in [0, 0.05) is 6.20 Å². The van der Waals surface area contributed by atoms with E-state index in [9.17, 15) is 8.42 Å². The Morgan fingerprint density at radius 1 is 1.38 bits per heavy atom. The van der Waals surface area contributed by atoms with E-state index in [0.29, 0.717) is 12.8 Å². The van der Waals surface area contributed by atoms with Gasteiger partial charge in [0.05, 0.1) is 5.25 Å². The van der Waals surface area contributed by atoms with Gasteiger partial charge < -0.3 is 5.32 Å². The van der Waals surface area contributed by atoms with Gasteiger partial charge in [-0.25, -0.2) is 18.4 Å². The second-order valence-electron chi connectivity index (χ2n) is 3.66. The lowest BCUT2D eigenvalue weighted by Crippen LogP contribution is -2.36. The number of aromatic nitrogens is 2. The molecule has 88 valence electrons. The molecule has 0 radical (unpaired) electrons. The molecule has 1 aliphatic heterocycles. The van der Waals surface area contributed by atoms with E-state index in [2.05, 4.69) is 15.3 Å². The fraction of sp³-hybridized carbons (Fsp3) is 0.556. The number of piperidine rings is 1. The topological polar surface area (TPSA) is 72.0 Å². The molecule has 1 fully saturated rings. The van der Waals surface area contributed by atoms with Crippen molar-refractivity contribution in [3.63, 3.8) is 0 Å². The van der Waals surface area contributed by atoms with Gasteiger partial charge in [0.25, 0.3) is 0 Å². The third kappa shape index (κ3) is 2.34. The minimum atomic E-state index is -3.36. The average Bonchev–Trinajstić information content (AvgIpc) is 2.30. The summed E-state index contributed by atoms with van der Waals surface area (Å²) in [7, 11) is -3.36. The fourth-order valence-corrected chi connectivity index (χ4v) is 3.61. The minimum Gasteiger partial charge on any atom is -0.317 e. The maximum atomic E-state index is 12.2. The van der Waals surface area contributed by atoms with Crippen molar-refractivity contribution in [1.29, 1.82) is 0 Å². The van der Waals surface area contributed by atoms with Gasteiger partial charge in [-0.15, -0.1) is 0 Å². The van der Waals surface area contributed by atoms with Crippen molar-refractivity contribution in [2.75, 3.05) is 13.1 Å². The van der Waals surface area contributed by atoms with Gasteiger partial charge in [0.2, 0.25) is 5.28 Å². The van der Waals surface area contributed by atoms with Crippen LogP contribution in [-0.4, -0.2) is 36.7 Å². The molecule has 1 N–H and O–H groups in total. The Morgan fingerprint density at radius 2 is 2.06 bits per heavy atom. The van der Waals surface area contributed by atoms with Crippen LogP contribution < -0.4 is 5.32 Å². The number of sulfone groups is 1. The van der Waals surface area contributed by atoms with Crippen molar-refractivity contribution in [2.45, 2.75) is 23.1 Å². The maximum absolute atomic E-state index is 12.2. The van der Waals surface area contributed by atoms with Crippen LogP contribution in [0.4, 0.5) is 0 Å². The Morgan fingerprint density at radius 3 is 2.69 bits per heavy atom. The molecule has 5 nitrogen and oxygen atoms in total. The third-order valence-electron chi connectivity index (χ3n) is 2.62. The first-order valence-corrected chi connectivity index (χ1v) is 6.96. The van der Waals surface area contributed by atoms with Gasteiger partial charge >= 0.3 is 0 Å². The van der Waals surface area contributed by atoms with Gasteiger partial charge in [-0.2, -0.15) is 0 Å². The number of nitrogens with one attached hydrogen (secondary N) is 1. The average molecular weight is 262 g/mol. The zero-order chi connectivity index (χ0) is 11.6. The van der Waals surface area contributed by atoms with Gasteiger partial charge in [-0.1, -0.05) is 0 Å². The third-order valence-corrected chi connectivity index (χ3v) is 4.96. The van der Waals surface area contributed by atoms with E-state index in [1.165, 1.54) is 12.3 Å². The molecule has 0 aromatic carbocycles. The Bertz CT molecular complexity index is 471. The molecule has 0 unspecified atom stereocenters. The Hall–Kier alpha value is -0.720. The summed E-state index contributed by atoms with van der Waals surface area (Å²) in [5, 5.41) is 2.76. The van der Waals surface area contributed by atoms with Crippen LogP contribution in [0.1, 0.15) is 12.8 Å². The van der Waals surface area contributed by atoms with E-state index >= 15 is 0 Å². The van der Waals surface area contributed by atoms with Crippen molar-refractivity contribution < 1.29 is 8.42 Å². The van der Waals surface area contributed by atoms with Crippen molar-refractivity contribution in [3.8, 4) is 0 Å². The van der Waals surface area contributed by atoms with Gasteiger partial charge in [-0.05, 0) is 43.6 Å². The summed E-state index contributed by atoms with van der Waals surface area (Å²) >= 11 is 5.59.